The van der Waals surface area contributed by atoms with Crippen molar-refractivity contribution in [2.45, 2.75) is 26.2 Å². The van der Waals surface area contributed by atoms with Gasteiger partial charge in [0.05, 0.1) is 0 Å². The Balaban J connectivity index is 2.07. The number of unbranched alkanes of at least 4 members (excludes halogenated alkanes) is 1. The van der Waals surface area contributed by atoms with Crippen molar-refractivity contribution in [3.8, 4) is 22.5 Å². The predicted molar refractivity (Wildman–Crippen MR) is 101 cm³/mol. The Morgan fingerprint density at radius 1 is 0.880 bits per heavy atom. The van der Waals surface area contributed by atoms with Gasteiger partial charge in [-0.05, 0) is 30.7 Å². The molecule has 0 atom stereocenters. The zero-order chi connectivity index (χ0) is 17.8. The van der Waals surface area contributed by atoms with Crippen LogP contribution in [0.5, 0.6) is 0 Å². The van der Waals surface area contributed by atoms with E-state index in [-0.39, 0.29) is 5.91 Å². The van der Waals surface area contributed by atoms with Crippen molar-refractivity contribution in [1.82, 2.24) is 15.0 Å². The Bertz CT molecular complexity index is 808. The van der Waals surface area contributed by atoms with Crippen molar-refractivity contribution in [2.24, 2.45) is 0 Å². The number of halogens is 2. The van der Waals surface area contributed by atoms with Crippen LogP contribution in [-0.2, 0) is 0 Å². The van der Waals surface area contributed by atoms with Gasteiger partial charge in [-0.25, -0.2) is 0 Å². The van der Waals surface area contributed by atoms with E-state index in [1.165, 1.54) is 4.80 Å². The Labute approximate surface area is 156 Å². The van der Waals surface area contributed by atoms with Crippen LogP contribution < -0.4 is 0 Å². The molecule has 25 heavy (non-hydrogen) atoms. The van der Waals surface area contributed by atoms with Crippen molar-refractivity contribution in [1.29, 1.82) is 0 Å². The van der Waals surface area contributed by atoms with Gasteiger partial charge in [0.25, 0.3) is 5.91 Å². The third-order valence-corrected chi connectivity index (χ3v) is 4.32. The second-order valence-corrected chi connectivity index (χ2v) is 6.57. The summed E-state index contributed by atoms with van der Waals surface area (Å²) < 4.78 is 0. The molecule has 4 nitrogen and oxygen atoms in total. The first-order valence-corrected chi connectivity index (χ1v) is 8.86. The zero-order valence-corrected chi connectivity index (χ0v) is 15.3. The largest absolute Gasteiger partial charge is 0.271 e. The number of hydrogen-bond acceptors (Lipinski definition) is 3. The van der Waals surface area contributed by atoms with E-state index in [4.69, 9.17) is 23.2 Å². The van der Waals surface area contributed by atoms with Crippen LogP contribution in [-0.4, -0.2) is 20.9 Å². The topological polar surface area (TPSA) is 47.8 Å². The van der Waals surface area contributed by atoms with Gasteiger partial charge >= 0.3 is 0 Å². The van der Waals surface area contributed by atoms with Gasteiger partial charge in [-0.15, -0.1) is 15.0 Å². The maximum atomic E-state index is 12.3. The van der Waals surface area contributed by atoms with E-state index >= 15 is 0 Å². The lowest BCUT2D eigenvalue weighted by Gasteiger charge is -2.01. The lowest BCUT2D eigenvalue weighted by molar-refractivity contribution is 0.0865. The van der Waals surface area contributed by atoms with Gasteiger partial charge < -0.3 is 0 Å². The summed E-state index contributed by atoms with van der Waals surface area (Å²) in [5.41, 5.74) is 2.99. The molecule has 0 N–H and O–H groups in total. The first kappa shape index (κ1) is 17.6. The van der Waals surface area contributed by atoms with Gasteiger partial charge in [0, 0.05) is 27.6 Å². The maximum absolute atomic E-state index is 12.3. The Morgan fingerprint density at radius 2 is 1.32 bits per heavy atom. The van der Waals surface area contributed by atoms with Crippen LogP contribution in [0.15, 0.2) is 48.5 Å². The fourth-order valence-electron chi connectivity index (χ4n) is 2.45. The highest BCUT2D eigenvalue weighted by Gasteiger charge is 2.18. The maximum Gasteiger partial charge on any atom is 0.264 e. The average Bonchev–Trinajstić information content (AvgIpc) is 3.06. The molecule has 0 bridgehead atoms. The molecule has 0 amide bonds. The second-order valence-electron chi connectivity index (χ2n) is 5.70. The quantitative estimate of drug-likeness (QED) is 0.571. The summed E-state index contributed by atoms with van der Waals surface area (Å²) in [6, 6.07) is 14.6. The van der Waals surface area contributed by atoms with Crippen LogP contribution in [0, 0.1) is 0 Å². The molecule has 2 aromatic carbocycles. The Morgan fingerprint density at radius 3 is 1.72 bits per heavy atom. The van der Waals surface area contributed by atoms with Crippen molar-refractivity contribution in [3.63, 3.8) is 0 Å². The fraction of sp³-hybridized carbons (Fsp3) is 0.211. The smallest absolute Gasteiger partial charge is 0.264 e. The molecule has 0 unspecified atom stereocenters. The molecule has 0 aliphatic heterocycles. The van der Waals surface area contributed by atoms with Crippen LogP contribution in [0.25, 0.3) is 22.5 Å². The molecule has 1 aromatic heterocycles. The highest BCUT2D eigenvalue weighted by Crippen LogP contribution is 2.30. The molecule has 0 radical (unpaired) electrons. The van der Waals surface area contributed by atoms with Gasteiger partial charge in [0.2, 0.25) is 0 Å². The summed E-state index contributed by atoms with van der Waals surface area (Å²) in [7, 11) is 0. The summed E-state index contributed by atoms with van der Waals surface area (Å²) in [5.74, 6) is -0.114. The molecule has 128 valence electrons. The summed E-state index contributed by atoms with van der Waals surface area (Å²) in [4.78, 5) is 13.5. The highest BCUT2D eigenvalue weighted by atomic mass is 35.5. The highest BCUT2D eigenvalue weighted by molar-refractivity contribution is 6.31. The number of nitrogens with zero attached hydrogens (tertiary/aromatic N) is 3. The Hall–Kier alpha value is -2.17. The number of carbonyl (C=O) groups is 1. The van der Waals surface area contributed by atoms with Crippen LogP contribution >= 0.6 is 23.2 Å². The van der Waals surface area contributed by atoms with Gasteiger partial charge in [0.1, 0.15) is 11.4 Å². The average molecular weight is 374 g/mol. The lowest BCUT2D eigenvalue weighted by Crippen LogP contribution is -2.13. The predicted octanol–water partition coefficient (Wildman–Crippen LogP) is 5.75. The monoisotopic (exact) mass is 373 g/mol. The van der Waals surface area contributed by atoms with E-state index in [0.717, 1.165) is 24.0 Å². The summed E-state index contributed by atoms with van der Waals surface area (Å²) in [6.07, 6.45) is 2.18. The number of rotatable bonds is 5. The summed E-state index contributed by atoms with van der Waals surface area (Å²) >= 11 is 12.0. The molecule has 0 spiro atoms. The molecule has 0 fully saturated rings. The Kier molecular flexibility index (Phi) is 5.51. The molecule has 0 aliphatic rings. The number of benzene rings is 2. The molecule has 1 heterocycles. The number of hydrogen-bond donors (Lipinski definition) is 0. The molecule has 3 aromatic rings. The standard InChI is InChI=1S/C19H17Cl2N3O/c1-2-3-4-17(25)24-22-18(13-5-9-15(20)10-6-13)19(23-24)14-7-11-16(21)12-8-14/h5-12H,2-4H2,1H3. The summed E-state index contributed by atoms with van der Waals surface area (Å²) in [6.45, 7) is 2.04. The van der Waals surface area contributed by atoms with Crippen molar-refractivity contribution >= 4 is 29.1 Å². The van der Waals surface area contributed by atoms with E-state index in [1.54, 1.807) is 24.3 Å². The summed E-state index contributed by atoms with van der Waals surface area (Å²) in [5, 5.41) is 10.2. The van der Waals surface area contributed by atoms with Crippen molar-refractivity contribution in [3.05, 3.63) is 58.6 Å². The normalized spacial score (nSPS) is 10.8. The molecule has 6 heteroatoms. The minimum Gasteiger partial charge on any atom is -0.271 e. The van der Waals surface area contributed by atoms with Gasteiger partial charge in [-0.1, -0.05) is 60.8 Å². The van der Waals surface area contributed by atoms with Gasteiger partial charge in [-0.3, -0.25) is 4.79 Å². The minimum absolute atomic E-state index is 0.114. The third kappa shape index (κ3) is 4.09. The molecule has 3 rings (SSSR count). The first-order chi connectivity index (χ1) is 12.1. The molecular formula is C19H17Cl2N3O. The van der Waals surface area contributed by atoms with E-state index < -0.39 is 0 Å². The van der Waals surface area contributed by atoms with Crippen LogP contribution in [0.3, 0.4) is 0 Å². The molecule has 0 aliphatic carbocycles. The van der Waals surface area contributed by atoms with E-state index in [1.807, 2.05) is 31.2 Å². The van der Waals surface area contributed by atoms with Crippen LogP contribution in [0.2, 0.25) is 10.0 Å². The third-order valence-electron chi connectivity index (χ3n) is 3.82. The molecular weight excluding hydrogens is 357 g/mol. The SMILES string of the molecule is CCCCC(=O)n1nc(-c2ccc(Cl)cc2)c(-c2ccc(Cl)cc2)n1. The van der Waals surface area contributed by atoms with Crippen molar-refractivity contribution in [2.75, 3.05) is 0 Å². The van der Waals surface area contributed by atoms with Crippen LogP contribution in [0.4, 0.5) is 0 Å². The number of aromatic nitrogens is 3. The fourth-order valence-corrected chi connectivity index (χ4v) is 2.70. The molecule has 0 saturated carbocycles. The lowest BCUT2D eigenvalue weighted by atomic mass is 10.1. The zero-order valence-electron chi connectivity index (χ0n) is 13.7. The van der Waals surface area contributed by atoms with E-state index in [0.29, 0.717) is 27.9 Å². The van der Waals surface area contributed by atoms with Crippen LogP contribution in [0.1, 0.15) is 31.0 Å². The minimum atomic E-state index is -0.114. The van der Waals surface area contributed by atoms with Gasteiger partial charge in [-0.2, -0.15) is 0 Å². The van der Waals surface area contributed by atoms with E-state index in [2.05, 4.69) is 10.2 Å². The first-order valence-electron chi connectivity index (χ1n) is 8.11. The van der Waals surface area contributed by atoms with Gasteiger partial charge in [0.15, 0.2) is 0 Å². The number of carbonyl (C=O) groups excluding carboxylic acids is 1. The van der Waals surface area contributed by atoms with E-state index in [9.17, 15) is 4.79 Å². The van der Waals surface area contributed by atoms with Crippen molar-refractivity contribution < 1.29 is 4.79 Å². The second kappa shape index (κ2) is 7.81. The molecule has 0 saturated heterocycles.